The van der Waals surface area contributed by atoms with Crippen LogP contribution in [0.1, 0.15) is 49.8 Å². The number of aromatic nitrogens is 2. The zero-order valence-corrected chi connectivity index (χ0v) is 12.6. The molecule has 2 rings (SSSR count). The van der Waals surface area contributed by atoms with Gasteiger partial charge < -0.3 is 10.6 Å². The molecule has 4 nitrogen and oxygen atoms in total. The van der Waals surface area contributed by atoms with Gasteiger partial charge in [0.2, 0.25) is 0 Å². The van der Waals surface area contributed by atoms with E-state index in [9.17, 15) is 0 Å². The second-order valence-corrected chi connectivity index (χ2v) is 6.43. The summed E-state index contributed by atoms with van der Waals surface area (Å²) in [4.78, 5) is 11.8. The first-order valence-electron chi connectivity index (χ1n) is 7.17. The molecule has 0 saturated carbocycles. The predicted molar refractivity (Wildman–Crippen MR) is 78.3 cm³/mol. The van der Waals surface area contributed by atoms with Crippen molar-refractivity contribution < 1.29 is 0 Å². The van der Waals surface area contributed by atoms with Gasteiger partial charge in [0, 0.05) is 29.3 Å². The average Bonchev–Trinajstić information content (AvgIpc) is 2.75. The smallest absolute Gasteiger partial charge is 0.134 e. The summed E-state index contributed by atoms with van der Waals surface area (Å²) in [6, 6.07) is 2.14. The predicted octanol–water partition coefficient (Wildman–Crippen LogP) is 1.83. The number of hydrogen-bond acceptors (Lipinski definition) is 4. The molecule has 0 spiro atoms. The third kappa shape index (κ3) is 3.31. The van der Waals surface area contributed by atoms with E-state index in [0.717, 1.165) is 31.0 Å². The van der Waals surface area contributed by atoms with Crippen molar-refractivity contribution in [2.24, 2.45) is 5.73 Å². The Bertz CT molecular complexity index is 442. The minimum Gasteiger partial charge on any atom is -0.330 e. The number of likely N-dealkylation sites (tertiary alicyclic amines) is 1. The summed E-state index contributed by atoms with van der Waals surface area (Å²) in [6.07, 6.45) is 2.12. The van der Waals surface area contributed by atoms with Gasteiger partial charge in [0.05, 0.1) is 0 Å². The van der Waals surface area contributed by atoms with Crippen molar-refractivity contribution in [2.75, 3.05) is 26.7 Å². The van der Waals surface area contributed by atoms with E-state index in [1.54, 1.807) is 0 Å². The highest BCUT2D eigenvalue weighted by Crippen LogP contribution is 2.28. The van der Waals surface area contributed by atoms with Crippen LogP contribution in [0.3, 0.4) is 0 Å². The molecule has 2 heterocycles. The lowest BCUT2D eigenvalue weighted by atomic mass is 9.88. The Kier molecular flexibility index (Phi) is 4.21. The third-order valence-electron chi connectivity index (χ3n) is 4.06. The summed E-state index contributed by atoms with van der Waals surface area (Å²) < 4.78 is 0. The van der Waals surface area contributed by atoms with E-state index >= 15 is 0 Å². The lowest BCUT2D eigenvalue weighted by Crippen LogP contribution is -2.26. The highest BCUT2D eigenvalue weighted by molar-refractivity contribution is 5.19. The number of nitrogens with zero attached hydrogens (tertiary/aromatic N) is 3. The molecule has 1 fully saturated rings. The van der Waals surface area contributed by atoms with Crippen molar-refractivity contribution in [1.82, 2.24) is 14.9 Å². The average molecular weight is 262 g/mol. The van der Waals surface area contributed by atoms with Crippen molar-refractivity contribution in [3.8, 4) is 0 Å². The van der Waals surface area contributed by atoms with Crippen LogP contribution in [0, 0.1) is 6.92 Å². The first kappa shape index (κ1) is 14.4. The normalized spacial score (nSPS) is 21.0. The monoisotopic (exact) mass is 262 g/mol. The Labute approximate surface area is 116 Å². The minimum atomic E-state index is -0.0416. The van der Waals surface area contributed by atoms with Gasteiger partial charge in [-0.1, -0.05) is 13.8 Å². The van der Waals surface area contributed by atoms with Crippen molar-refractivity contribution in [3.63, 3.8) is 0 Å². The van der Waals surface area contributed by atoms with Crippen LogP contribution in [0.5, 0.6) is 0 Å². The largest absolute Gasteiger partial charge is 0.330 e. The molecule has 1 aliphatic heterocycles. The van der Waals surface area contributed by atoms with Crippen LogP contribution in [0.25, 0.3) is 0 Å². The molecule has 1 saturated heterocycles. The summed E-state index contributed by atoms with van der Waals surface area (Å²) >= 11 is 0. The maximum absolute atomic E-state index is 5.71. The zero-order valence-electron chi connectivity index (χ0n) is 12.6. The Hall–Kier alpha value is -1.00. The minimum absolute atomic E-state index is 0.0416. The van der Waals surface area contributed by atoms with Gasteiger partial charge in [-0.05, 0) is 46.0 Å². The Morgan fingerprint density at radius 2 is 2.16 bits per heavy atom. The van der Waals surface area contributed by atoms with E-state index in [1.807, 2.05) is 0 Å². The van der Waals surface area contributed by atoms with E-state index < -0.39 is 0 Å². The van der Waals surface area contributed by atoms with Crippen molar-refractivity contribution >= 4 is 0 Å². The molecule has 0 amide bonds. The third-order valence-corrected chi connectivity index (χ3v) is 4.06. The first-order chi connectivity index (χ1) is 8.92. The fraction of sp³-hybridized carbons (Fsp3) is 0.733. The summed E-state index contributed by atoms with van der Waals surface area (Å²) in [5, 5.41) is 0. The molecule has 4 heteroatoms. The topological polar surface area (TPSA) is 55.0 Å². The molecule has 1 unspecified atom stereocenters. The highest BCUT2D eigenvalue weighted by atomic mass is 15.1. The number of aryl methyl sites for hydroxylation is 1. The second kappa shape index (κ2) is 5.55. The van der Waals surface area contributed by atoms with Crippen molar-refractivity contribution in [1.29, 1.82) is 0 Å². The quantitative estimate of drug-likeness (QED) is 0.899. The van der Waals surface area contributed by atoms with Gasteiger partial charge in [0.25, 0.3) is 0 Å². The summed E-state index contributed by atoms with van der Waals surface area (Å²) in [5.41, 5.74) is 7.94. The number of hydrogen-bond donors (Lipinski definition) is 1. The maximum Gasteiger partial charge on any atom is 0.134 e. The van der Waals surface area contributed by atoms with Gasteiger partial charge in [-0.25, -0.2) is 9.97 Å². The molecule has 0 radical (unpaired) electrons. The van der Waals surface area contributed by atoms with Crippen LogP contribution in [-0.2, 0) is 5.41 Å². The van der Waals surface area contributed by atoms with Crippen molar-refractivity contribution in [3.05, 3.63) is 23.3 Å². The zero-order chi connectivity index (χ0) is 14.0. The van der Waals surface area contributed by atoms with Gasteiger partial charge in [-0.3, -0.25) is 0 Å². The van der Waals surface area contributed by atoms with Gasteiger partial charge >= 0.3 is 0 Å². The molecule has 106 valence electrons. The van der Waals surface area contributed by atoms with Crippen molar-refractivity contribution in [2.45, 2.75) is 44.9 Å². The van der Waals surface area contributed by atoms with Gasteiger partial charge in [0.1, 0.15) is 5.82 Å². The molecule has 0 bridgehead atoms. The van der Waals surface area contributed by atoms with E-state index in [0.29, 0.717) is 12.5 Å². The number of rotatable bonds is 4. The second-order valence-electron chi connectivity index (χ2n) is 6.43. The van der Waals surface area contributed by atoms with Crippen LogP contribution < -0.4 is 5.73 Å². The molecule has 1 atom stereocenters. The van der Waals surface area contributed by atoms with Gasteiger partial charge in [-0.2, -0.15) is 0 Å². The Morgan fingerprint density at radius 3 is 2.74 bits per heavy atom. The summed E-state index contributed by atoms with van der Waals surface area (Å²) in [5.74, 6) is 1.50. The van der Waals surface area contributed by atoms with E-state index in [-0.39, 0.29) is 5.41 Å². The molecule has 1 aromatic rings. The lowest BCUT2D eigenvalue weighted by molar-refractivity contribution is 0.409. The van der Waals surface area contributed by atoms with Crippen LogP contribution in [0.2, 0.25) is 0 Å². The number of likely N-dealkylation sites (N-methyl/N-ethyl adjacent to an activating group) is 1. The summed E-state index contributed by atoms with van der Waals surface area (Å²) in [7, 11) is 2.17. The molecular weight excluding hydrogens is 236 g/mol. The molecule has 1 aliphatic rings. The van der Waals surface area contributed by atoms with Gasteiger partial charge in [0.15, 0.2) is 0 Å². The molecule has 0 aliphatic carbocycles. The fourth-order valence-corrected chi connectivity index (χ4v) is 2.75. The Morgan fingerprint density at radius 1 is 1.42 bits per heavy atom. The van der Waals surface area contributed by atoms with E-state index in [4.69, 9.17) is 10.7 Å². The first-order valence-corrected chi connectivity index (χ1v) is 7.17. The van der Waals surface area contributed by atoms with Crippen LogP contribution >= 0.6 is 0 Å². The maximum atomic E-state index is 5.71. The summed E-state index contributed by atoms with van der Waals surface area (Å²) in [6.45, 7) is 9.36. The van der Waals surface area contributed by atoms with E-state index in [2.05, 4.69) is 43.8 Å². The number of nitrogens with two attached hydrogens (primary N) is 1. The molecular formula is C15H26N4. The van der Waals surface area contributed by atoms with Gasteiger partial charge in [-0.15, -0.1) is 0 Å². The molecule has 0 aromatic carbocycles. The fourth-order valence-electron chi connectivity index (χ4n) is 2.75. The lowest BCUT2D eigenvalue weighted by Gasteiger charge is -2.24. The standard InChI is InChI=1S/C15H26N4/c1-11-9-13(12-5-8-19(4)10-12)18-14(17-11)15(2,3)6-7-16/h9,12H,5-8,10,16H2,1-4H3. The molecule has 19 heavy (non-hydrogen) atoms. The Balaban J connectivity index is 2.29. The molecule has 2 N–H and O–H groups in total. The van der Waals surface area contributed by atoms with Crippen LogP contribution in [-0.4, -0.2) is 41.5 Å². The van der Waals surface area contributed by atoms with E-state index in [1.165, 1.54) is 12.1 Å². The molecule has 1 aromatic heterocycles. The highest BCUT2D eigenvalue weighted by Gasteiger charge is 2.27. The SMILES string of the molecule is Cc1cc(C2CCN(C)C2)nc(C(C)(C)CCN)n1. The van der Waals surface area contributed by atoms with Crippen LogP contribution in [0.4, 0.5) is 0 Å². The van der Waals surface area contributed by atoms with Crippen LogP contribution in [0.15, 0.2) is 6.07 Å².